The van der Waals surface area contributed by atoms with Crippen LogP contribution in [0.15, 0.2) is 42.5 Å². The molecule has 6 heteroatoms. The second-order valence-corrected chi connectivity index (χ2v) is 7.42. The van der Waals surface area contributed by atoms with Crippen LogP contribution in [0, 0.1) is 19.8 Å². The van der Waals surface area contributed by atoms with Crippen LogP contribution in [0.3, 0.4) is 0 Å². The third kappa shape index (κ3) is 5.02. The number of aryl methyl sites for hydroxylation is 3. The van der Waals surface area contributed by atoms with Gasteiger partial charge in [-0.25, -0.2) is 0 Å². The molecule has 2 amide bonds. The van der Waals surface area contributed by atoms with E-state index in [4.69, 9.17) is 4.74 Å². The number of esters is 1. The van der Waals surface area contributed by atoms with Crippen LogP contribution in [-0.2, 0) is 25.5 Å². The molecule has 0 spiro atoms. The lowest BCUT2D eigenvalue weighted by molar-refractivity contribution is -0.151. The molecule has 152 valence electrons. The fourth-order valence-corrected chi connectivity index (χ4v) is 3.67. The Morgan fingerprint density at radius 1 is 1.14 bits per heavy atom. The minimum absolute atomic E-state index is 0.0928. The van der Waals surface area contributed by atoms with Crippen LogP contribution in [0.1, 0.15) is 30.0 Å². The third-order valence-electron chi connectivity index (χ3n) is 4.97. The molecule has 0 aromatic heterocycles. The highest BCUT2D eigenvalue weighted by Gasteiger charge is 2.37. The first-order valence-corrected chi connectivity index (χ1v) is 9.80. The van der Waals surface area contributed by atoms with Gasteiger partial charge in [0.05, 0.1) is 5.92 Å². The van der Waals surface area contributed by atoms with Crippen molar-refractivity contribution in [2.75, 3.05) is 23.4 Å². The van der Waals surface area contributed by atoms with E-state index in [9.17, 15) is 14.4 Å². The van der Waals surface area contributed by atoms with Crippen LogP contribution in [0.2, 0.25) is 0 Å². The van der Waals surface area contributed by atoms with E-state index in [0.29, 0.717) is 5.69 Å². The number of benzene rings is 2. The normalized spacial score (nSPS) is 16.0. The van der Waals surface area contributed by atoms with Gasteiger partial charge < -0.3 is 15.0 Å². The minimum Gasteiger partial charge on any atom is -0.455 e. The summed E-state index contributed by atoms with van der Waals surface area (Å²) in [7, 11) is 0. The number of carbonyl (C=O) groups excluding carboxylic acids is 3. The smallest absolute Gasteiger partial charge is 0.311 e. The van der Waals surface area contributed by atoms with Gasteiger partial charge in [-0.1, -0.05) is 31.2 Å². The second-order valence-electron chi connectivity index (χ2n) is 7.42. The van der Waals surface area contributed by atoms with Crippen molar-refractivity contribution in [1.29, 1.82) is 0 Å². The largest absolute Gasteiger partial charge is 0.455 e. The highest BCUT2D eigenvalue weighted by molar-refractivity contribution is 6.00. The number of hydrogen-bond donors (Lipinski definition) is 1. The zero-order valence-electron chi connectivity index (χ0n) is 17.0. The van der Waals surface area contributed by atoms with E-state index < -0.39 is 17.8 Å². The van der Waals surface area contributed by atoms with Gasteiger partial charge in [0.25, 0.3) is 5.91 Å². The predicted molar refractivity (Wildman–Crippen MR) is 112 cm³/mol. The Morgan fingerprint density at radius 3 is 2.52 bits per heavy atom. The number of amides is 2. The third-order valence-corrected chi connectivity index (χ3v) is 4.97. The van der Waals surface area contributed by atoms with E-state index >= 15 is 0 Å². The Kier molecular flexibility index (Phi) is 6.32. The monoisotopic (exact) mass is 394 g/mol. The summed E-state index contributed by atoms with van der Waals surface area (Å²) in [5.74, 6) is -1.60. The van der Waals surface area contributed by atoms with Crippen LogP contribution < -0.4 is 10.2 Å². The first kappa shape index (κ1) is 20.6. The van der Waals surface area contributed by atoms with E-state index in [-0.39, 0.29) is 25.5 Å². The Balaban J connectivity index is 1.56. The number of anilines is 2. The number of rotatable bonds is 6. The van der Waals surface area contributed by atoms with Gasteiger partial charge in [-0.15, -0.1) is 0 Å². The van der Waals surface area contributed by atoms with Crippen molar-refractivity contribution in [1.82, 2.24) is 0 Å². The minimum atomic E-state index is -0.568. The summed E-state index contributed by atoms with van der Waals surface area (Å²) in [6, 6.07) is 13.4. The standard InChI is InChI=1S/C23H26N2O4/c1-4-17-7-5-6-8-20(17)25-13-18(12-22(25)27)23(28)29-14-21(26)24-19-10-15(2)9-16(3)11-19/h5-11,18H,4,12-14H2,1-3H3,(H,24,26)/t18-/m1/s1. The van der Waals surface area contributed by atoms with E-state index in [2.05, 4.69) is 5.32 Å². The number of hydrogen-bond acceptors (Lipinski definition) is 4. The number of carbonyl (C=O) groups is 3. The highest BCUT2D eigenvalue weighted by Crippen LogP contribution is 2.29. The van der Waals surface area contributed by atoms with Crippen LogP contribution in [0.25, 0.3) is 0 Å². The maximum atomic E-state index is 12.4. The summed E-state index contributed by atoms with van der Waals surface area (Å²) >= 11 is 0. The summed E-state index contributed by atoms with van der Waals surface area (Å²) in [4.78, 5) is 38.6. The van der Waals surface area contributed by atoms with Crippen molar-refractivity contribution < 1.29 is 19.1 Å². The lowest BCUT2D eigenvalue weighted by atomic mass is 10.1. The van der Waals surface area contributed by atoms with Crippen molar-refractivity contribution in [3.05, 3.63) is 59.2 Å². The zero-order valence-corrected chi connectivity index (χ0v) is 17.0. The summed E-state index contributed by atoms with van der Waals surface area (Å²) < 4.78 is 5.18. The Hall–Kier alpha value is -3.15. The van der Waals surface area contributed by atoms with Gasteiger partial charge in [0.1, 0.15) is 0 Å². The topological polar surface area (TPSA) is 75.7 Å². The van der Waals surface area contributed by atoms with E-state index in [1.165, 1.54) is 0 Å². The summed E-state index contributed by atoms with van der Waals surface area (Å²) in [6.07, 6.45) is 0.892. The molecule has 1 N–H and O–H groups in total. The molecule has 2 aromatic rings. The molecule has 1 atom stereocenters. The van der Waals surface area contributed by atoms with E-state index in [1.54, 1.807) is 4.90 Å². The number of ether oxygens (including phenoxy) is 1. The van der Waals surface area contributed by atoms with E-state index in [0.717, 1.165) is 28.8 Å². The molecular weight excluding hydrogens is 368 g/mol. The van der Waals surface area contributed by atoms with Crippen LogP contribution in [0.4, 0.5) is 11.4 Å². The lowest BCUT2D eigenvalue weighted by Gasteiger charge is -2.19. The molecule has 0 bridgehead atoms. The lowest BCUT2D eigenvalue weighted by Crippen LogP contribution is -2.28. The van der Waals surface area contributed by atoms with Crippen LogP contribution >= 0.6 is 0 Å². The molecule has 0 aliphatic carbocycles. The first-order chi connectivity index (χ1) is 13.9. The van der Waals surface area contributed by atoms with Crippen molar-refractivity contribution in [2.24, 2.45) is 5.92 Å². The Labute approximate surface area is 170 Å². The molecule has 1 heterocycles. The molecule has 1 aliphatic rings. The molecule has 2 aromatic carbocycles. The number of para-hydroxylation sites is 1. The summed E-state index contributed by atoms with van der Waals surface area (Å²) in [6.45, 7) is 5.82. The van der Waals surface area contributed by atoms with E-state index in [1.807, 2.05) is 63.2 Å². The predicted octanol–water partition coefficient (Wildman–Crippen LogP) is 3.40. The Bertz CT molecular complexity index is 918. The van der Waals surface area contributed by atoms with Gasteiger partial charge >= 0.3 is 5.97 Å². The van der Waals surface area contributed by atoms with Crippen molar-refractivity contribution in [2.45, 2.75) is 33.6 Å². The molecule has 29 heavy (non-hydrogen) atoms. The molecule has 6 nitrogen and oxygen atoms in total. The molecule has 0 radical (unpaired) electrons. The van der Waals surface area contributed by atoms with Gasteiger partial charge in [-0.2, -0.15) is 0 Å². The van der Waals surface area contributed by atoms with Crippen molar-refractivity contribution >= 4 is 29.2 Å². The molecule has 0 unspecified atom stereocenters. The van der Waals surface area contributed by atoms with Crippen molar-refractivity contribution in [3.8, 4) is 0 Å². The molecule has 1 fully saturated rings. The summed E-state index contributed by atoms with van der Waals surface area (Å²) in [5.41, 5.74) is 4.64. The number of nitrogens with one attached hydrogen (secondary N) is 1. The van der Waals surface area contributed by atoms with Gasteiger partial charge in [-0.05, 0) is 55.2 Å². The van der Waals surface area contributed by atoms with Gasteiger partial charge in [0.15, 0.2) is 6.61 Å². The molecule has 3 rings (SSSR count). The molecule has 0 saturated carbocycles. The average Bonchev–Trinajstić information content (AvgIpc) is 3.06. The zero-order chi connectivity index (χ0) is 21.0. The molecule has 1 saturated heterocycles. The maximum absolute atomic E-state index is 12.4. The van der Waals surface area contributed by atoms with Crippen LogP contribution in [-0.4, -0.2) is 30.9 Å². The fourth-order valence-electron chi connectivity index (χ4n) is 3.67. The SMILES string of the molecule is CCc1ccccc1N1C[C@H](C(=O)OCC(=O)Nc2cc(C)cc(C)c2)CC1=O. The molecule has 1 aliphatic heterocycles. The summed E-state index contributed by atoms with van der Waals surface area (Å²) in [5, 5.41) is 2.73. The quantitative estimate of drug-likeness (QED) is 0.762. The fraction of sp³-hybridized carbons (Fsp3) is 0.348. The van der Waals surface area contributed by atoms with Gasteiger partial charge in [0.2, 0.25) is 5.91 Å². The van der Waals surface area contributed by atoms with Crippen molar-refractivity contribution in [3.63, 3.8) is 0 Å². The van der Waals surface area contributed by atoms with Gasteiger partial charge in [0, 0.05) is 24.3 Å². The first-order valence-electron chi connectivity index (χ1n) is 9.80. The number of nitrogens with zero attached hydrogens (tertiary/aromatic N) is 1. The maximum Gasteiger partial charge on any atom is 0.311 e. The van der Waals surface area contributed by atoms with Crippen LogP contribution in [0.5, 0.6) is 0 Å². The average molecular weight is 394 g/mol. The Morgan fingerprint density at radius 2 is 1.83 bits per heavy atom. The second kappa shape index (κ2) is 8.90. The van der Waals surface area contributed by atoms with Gasteiger partial charge in [-0.3, -0.25) is 14.4 Å². The highest BCUT2D eigenvalue weighted by atomic mass is 16.5. The molecular formula is C23H26N2O4.